The number of halogens is 3. The fraction of sp³-hybridized carbons (Fsp3) is 0.326. The van der Waals surface area contributed by atoms with Gasteiger partial charge >= 0.3 is 6.18 Å². The first-order chi connectivity index (χ1) is 30.7. The normalized spacial score (nSPS) is 15.4. The van der Waals surface area contributed by atoms with Gasteiger partial charge < -0.3 is 14.6 Å². The van der Waals surface area contributed by atoms with E-state index in [4.69, 9.17) is 13.8 Å². The number of methoxy groups -OCH3 is 1. The average molecular weight is 937 g/mol. The molecule has 3 N–H and O–H groups in total. The van der Waals surface area contributed by atoms with Crippen LogP contribution in [0.1, 0.15) is 62.8 Å². The first-order valence-electron chi connectivity index (χ1n) is 20.7. The molecule has 0 spiro atoms. The summed E-state index contributed by atoms with van der Waals surface area (Å²) in [7, 11) is -6.42. The summed E-state index contributed by atoms with van der Waals surface area (Å²) in [5, 5.41) is 0. The minimum atomic E-state index is -4.34. The molecule has 1 amide bonds. The van der Waals surface area contributed by atoms with Gasteiger partial charge in [-0.25, -0.2) is 9.97 Å². The van der Waals surface area contributed by atoms with Crippen LogP contribution < -0.4 is 4.74 Å². The van der Waals surface area contributed by atoms with Crippen LogP contribution in [0, 0.1) is 13.8 Å². The van der Waals surface area contributed by atoms with Crippen LogP contribution in [0.3, 0.4) is 0 Å². The Labute approximate surface area is 376 Å². The molecule has 2 aliphatic rings. The lowest BCUT2D eigenvalue weighted by Crippen LogP contribution is -2.48. The standard InChI is InChI=1S/C32H35F3N6O2.2C7H8O3S/c1-43-29-9-4-23(19-36-29)21-39-12-10-24(11-13-39)25-5-8-27-28(18-25)38-30(37-27)31(42)41-16-14-40(15-17-41)20-22-2-6-26(7-3-22)32(33,34)35;2*1-6-2-4-7(5-3-6)11(8,9)10/h2-9,18-19,24H,10-17,20-21H2,1H3,(H,37,38);2*2-5H,1H3,(H,8,9,10). The topological polar surface area (TPSA) is 186 Å². The molecule has 0 saturated carbocycles. The molecule has 346 valence electrons. The Bertz CT molecular complexity index is 2660. The number of nitrogens with one attached hydrogen (secondary N) is 1. The van der Waals surface area contributed by atoms with Crippen LogP contribution in [-0.4, -0.2) is 108 Å². The zero-order valence-corrected chi connectivity index (χ0v) is 37.7. The minimum absolute atomic E-state index is 0.0666. The Balaban J connectivity index is 0.000000259. The molecule has 14 nitrogen and oxygen atoms in total. The van der Waals surface area contributed by atoms with E-state index in [1.54, 1.807) is 36.3 Å². The van der Waals surface area contributed by atoms with Crippen LogP contribution in [0.4, 0.5) is 13.2 Å². The summed E-state index contributed by atoms with van der Waals surface area (Å²) in [4.78, 5) is 31.7. The number of amides is 1. The second kappa shape index (κ2) is 21.1. The molecule has 0 bridgehead atoms. The summed E-state index contributed by atoms with van der Waals surface area (Å²) in [5.41, 5.74) is 6.17. The van der Waals surface area contributed by atoms with Crippen molar-refractivity contribution in [3.8, 4) is 5.88 Å². The lowest BCUT2D eigenvalue weighted by molar-refractivity contribution is -0.137. The Morgan fingerprint density at radius 1 is 0.723 bits per heavy atom. The van der Waals surface area contributed by atoms with Crippen molar-refractivity contribution in [3.63, 3.8) is 0 Å². The highest BCUT2D eigenvalue weighted by Crippen LogP contribution is 2.31. The number of carbonyl (C=O) groups is 1. The van der Waals surface area contributed by atoms with Gasteiger partial charge in [0.15, 0.2) is 5.82 Å². The van der Waals surface area contributed by atoms with Crippen LogP contribution >= 0.6 is 0 Å². The van der Waals surface area contributed by atoms with Gasteiger partial charge in [-0.2, -0.15) is 30.0 Å². The van der Waals surface area contributed by atoms with Crippen LogP contribution in [0.15, 0.2) is 119 Å². The van der Waals surface area contributed by atoms with Gasteiger partial charge in [-0.15, -0.1) is 0 Å². The van der Waals surface area contributed by atoms with Gasteiger partial charge in [0.25, 0.3) is 26.1 Å². The predicted octanol–water partition coefficient (Wildman–Crippen LogP) is 7.81. The van der Waals surface area contributed by atoms with E-state index >= 15 is 0 Å². The number of aromatic amines is 1. The summed E-state index contributed by atoms with van der Waals surface area (Å²) >= 11 is 0. The molecule has 2 aromatic heterocycles. The fourth-order valence-corrected chi connectivity index (χ4v) is 8.39. The van der Waals surface area contributed by atoms with Crippen molar-refractivity contribution < 1.29 is 48.6 Å². The SMILES string of the molecule is COc1ccc(CN2CCC(c3ccc4nc(C(=O)N5CCN(Cc6ccc(C(F)(F)F)cc6)CC5)[nH]c4c3)CC2)cn1.Cc1ccc(S(=O)(=O)O)cc1.Cc1ccc(S(=O)(=O)O)cc1. The summed E-state index contributed by atoms with van der Waals surface area (Å²) in [6.45, 7) is 9.47. The van der Waals surface area contributed by atoms with Crippen LogP contribution in [0.2, 0.25) is 0 Å². The highest BCUT2D eigenvalue weighted by atomic mass is 32.2. The van der Waals surface area contributed by atoms with Gasteiger partial charge in [-0.1, -0.05) is 59.7 Å². The molecule has 2 saturated heterocycles. The molecule has 19 heteroatoms. The number of alkyl halides is 3. The Morgan fingerprint density at radius 3 is 1.74 bits per heavy atom. The van der Waals surface area contributed by atoms with Gasteiger partial charge in [0.1, 0.15) is 0 Å². The number of nitrogens with zero attached hydrogens (tertiary/aromatic N) is 5. The third-order valence-electron chi connectivity index (χ3n) is 11.2. The maximum absolute atomic E-state index is 13.3. The second-order valence-electron chi connectivity index (χ2n) is 16.0. The number of aromatic nitrogens is 3. The number of hydrogen-bond donors (Lipinski definition) is 3. The van der Waals surface area contributed by atoms with E-state index in [9.17, 15) is 34.8 Å². The summed E-state index contributed by atoms with van der Waals surface area (Å²) < 4.78 is 103. The largest absolute Gasteiger partial charge is 0.481 e. The van der Waals surface area contributed by atoms with Crippen molar-refractivity contribution in [3.05, 3.63) is 149 Å². The van der Waals surface area contributed by atoms with E-state index in [0.29, 0.717) is 50.3 Å². The van der Waals surface area contributed by atoms with Crippen LogP contribution in [0.5, 0.6) is 5.88 Å². The second-order valence-corrected chi connectivity index (χ2v) is 18.8. The number of rotatable bonds is 9. The van der Waals surface area contributed by atoms with Crippen molar-refractivity contribution in [2.45, 2.75) is 61.7 Å². The number of aryl methyl sites for hydroxylation is 2. The van der Waals surface area contributed by atoms with Crippen LogP contribution in [0.25, 0.3) is 11.0 Å². The van der Waals surface area contributed by atoms with Crippen molar-refractivity contribution in [2.24, 2.45) is 0 Å². The number of carbonyl (C=O) groups excluding carboxylic acids is 1. The quantitative estimate of drug-likeness (QED) is 0.120. The Hall–Kier alpha value is -5.70. The number of H-pyrrole nitrogens is 1. The van der Waals surface area contributed by atoms with E-state index in [1.165, 1.54) is 47.5 Å². The highest BCUT2D eigenvalue weighted by Gasteiger charge is 2.30. The number of piperazine rings is 1. The number of hydrogen-bond acceptors (Lipinski definition) is 10. The fourth-order valence-electron chi connectivity index (χ4n) is 7.43. The van der Waals surface area contributed by atoms with Crippen LogP contribution in [-0.2, 0) is 39.5 Å². The number of pyridine rings is 1. The monoisotopic (exact) mass is 936 g/mol. The van der Waals surface area contributed by atoms with Gasteiger partial charge in [0.2, 0.25) is 5.88 Å². The summed E-state index contributed by atoms with van der Waals surface area (Å²) in [5.74, 6) is 1.29. The number of fused-ring (bicyclic) bond motifs is 1. The Morgan fingerprint density at radius 2 is 1.25 bits per heavy atom. The molecule has 0 atom stereocenters. The first kappa shape index (κ1) is 48.7. The third kappa shape index (κ3) is 13.9. The Kier molecular flexibility index (Phi) is 15.8. The van der Waals surface area contributed by atoms with Gasteiger partial charge in [-0.3, -0.25) is 23.7 Å². The molecule has 65 heavy (non-hydrogen) atoms. The molecule has 0 unspecified atom stereocenters. The number of piperidine rings is 1. The predicted molar refractivity (Wildman–Crippen MR) is 239 cm³/mol. The lowest BCUT2D eigenvalue weighted by atomic mass is 9.89. The summed E-state index contributed by atoms with van der Waals surface area (Å²) in [6.07, 6.45) is -0.339. The molecule has 0 radical (unpaired) electrons. The van der Waals surface area contributed by atoms with E-state index < -0.39 is 32.0 Å². The van der Waals surface area contributed by atoms with Crippen molar-refractivity contribution in [1.82, 2.24) is 29.7 Å². The third-order valence-corrected chi connectivity index (χ3v) is 12.9. The number of benzene rings is 4. The van der Waals surface area contributed by atoms with Crippen molar-refractivity contribution >= 4 is 37.2 Å². The van der Waals surface area contributed by atoms with E-state index in [0.717, 1.165) is 72.3 Å². The maximum atomic E-state index is 13.3. The number of likely N-dealkylation sites (tertiary alicyclic amines) is 1. The maximum Gasteiger partial charge on any atom is 0.416 e. The minimum Gasteiger partial charge on any atom is -0.481 e. The smallest absolute Gasteiger partial charge is 0.416 e. The zero-order chi connectivity index (χ0) is 46.9. The van der Waals surface area contributed by atoms with Crippen molar-refractivity contribution in [1.29, 1.82) is 0 Å². The molecule has 8 rings (SSSR count). The van der Waals surface area contributed by atoms with Gasteiger partial charge in [0.05, 0.1) is 33.5 Å². The molecule has 4 heterocycles. The van der Waals surface area contributed by atoms with E-state index in [-0.39, 0.29) is 15.7 Å². The first-order valence-corrected chi connectivity index (χ1v) is 23.6. The molecule has 6 aromatic rings. The molecule has 0 aliphatic carbocycles. The number of ether oxygens (including phenoxy) is 1. The van der Waals surface area contributed by atoms with E-state index in [2.05, 4.69) is 43.0 Å². The average Bonchev–Trinajstić information content (AvgIpc) is 3.71. The summed E-state index contributed by atoms with van der Waals surface area (Å²) in [6, 6.07) is 27.5. The van der Waals surface area contributed by atoms with Gasteiger partial charge in [-0.05, 0) is 111 Å². The molecular weight excluding hydrogens is 886 g/mol. The molecule has 4 aromatic carbocycles. The highest BCUT2D eigenvalue weighted by molar-refractivity contribution is 7.86. The molecule has 2 aliphatic heterocycles. The van der Waals surface area contributed by atoms with Gasteiger partial charge in [0, 0.05) is 51.5 Å². The van der Waals surface area contributed by atoms with Crippen molar-refractivity contribution in [2.75, 3.05) is 46.4 Å². The molecular formula is C46H51F3N6O8S2. The van der Waals surface area contributed by atoms with E-state index in [1.807, 2.05) is 32.2 Å². The lowest BCUT2D eigenvalue weighted by Gasteiger charge is -2.34. The zero-order valence-electron chi connectivity index (χ0n) is 36.1. The number of imidazole rings is 1. The molecule has 2 fully saturated rings.